The monoisotopic (exact) mass is 325 g/mol. The van der Waals surface area contributed by atoms with E-state index in [1.54, 1.807) is 12.1 Å². The maximum atomic E-state index is 11.5. The van der Waals surface area contributed by atoms with E-state index in [9.17, 15) is 10.0 Å². The average molecular weight is 325 g/mol. The zero-order valence-electron chi connectivity index (χ0n) is 13.5. The molecule has 0 unspecified atom stereocenters. The Hall–Kier alpha value is -3.20. The first kappa shape index (κ1) is 14.2. The van der Waals surface area contributed by atoms with E-state index in [0.717, 1.165) is 39.9 Å². The van der Waals surface area contributed by atoms with Crippen LogP contribution in [0.3, 0.4) is 0 Å². The molecule has 4 aromatic carbocycles. The second-order valence-electron chi connectivity index (χ2n) is 6.62. The van der Waals surface area contributed by atoms with Crippen LogP contribution in [0.15, 0.2) is 65.8 Å². The summed E-state index contributed by atoms with van der Waals surface area (Å²) >= 11 is 0. The fraction of sp³-hybridized carbons (Fsp3) is 0.0909. The van der Waals surface area contributed by atoms with E-state index >= 15 is 0 Å². The summed E-state index contributed by atoms with van der Waals surface area (Å²) < 4.78 is 0. The van der Waals surface area contributed by atoms with E-state index < -0.39 is 0 Å². The molecule has 1 aliphatic carbocycles. The van der Waals surface area contributed by atoms with E-state index in [1.165, 1.54) is 11.1 Å². The molecule has 3 nitrogen and oxygen atoms in total. The first-order valence-electron chi connectivity index (χ1n) is 8.38. The zero-order valence-corrected chi connectivity index (χ0v) is 13.5. The highest BCUT2D eigenvalue weighted by molar-refractivity contribution is 6.11. The predicted octanol–water partition coefficient (Wildman–Crippen LogP) is 5.86. The minimum absolute atomic E-state index is 0.174. The maximum Gasteiger partial charge on any atom is 0.124 e. The van der Waals surface area contributed by atoms with Crippen LogP contribution in [0, 0.1) is 4.91 Å². The molecule has 0 aromatic heterocycles. The number of hydrogen-bond donors (Lipinski definition) is 1. The van der Waals surface area contributed by atoms with Crippen molar-refractivity contribution in [3.8, 4) is 16.9 Å². The first-order valence-corrected chi connectivity index (χ1v) is 8.38. The van der Waals surface area contributed by atoms with Crippen LogP contribution in [0.4, 0.5) is 5.69 Å². The highest BCUT2D eigenvalue weighted by atomic mass is 16.3. The number of phenols is 1. The average Bonchev–Trinajstić information content (AvgIpc) is 2.65. The molecule has 120 valence electrons. The number of rotatable bonds is 1. The summed E-state index contributed by atoms with van der Waals surface area (Å²) in [5, 5.41) is 17.9. The molecule has 0 saturated carbocycles. The molecule has 1 aliphatic rings. The molecular formula is C22H15NO2. The van der Waals surface area contributed by atoms with E-state index in [-0.39, 0.29) is 5.75 Å². The van der Waals surface area contributed by atoms with Gasteiger partial charge in [-0.3, -0.25) is 0 Å². The van der Waals surface area contributed by atoms with Crippen molar-refractivity contribution in [3.05, 3.63) is 76.7 Å². The molecule has 0 spiro atoms. The van der Waals surface area contributed by atoms with Crippen molar-refractivity contribution in [1.29, 1.82) is 0 Å². The molecule has 0 radical (unpaired) electrons. The van der Waals surface area contributed by atoms with Crippen molar-refractivity contribution in [2.24, 2.45) is 5.18 Å². The number of nitroso groups, excluding NO2 is 1. The van der Waals surface area contributed by atoms with Gasteiger partial charge in [-0.05, 0) is 62.8 Å². The normalized spacial score (nSPS) is 12.8. The summed E-state index contributed by atoms with van der Waals surface area (Å²) in [6, 6.07) is 19.9. The van der Waals surface area contributed by atoms with Gasteiger partial charge in [-0.2, -0.15) is 0 Å². The van der Waals surface area contributed by atoms with E-state index in [4.69, 9.17) is 0 Å². The fourth-order valence-corrected chi connectivity index (χ4v) is 3.91. The highest BCUT2D eigenvalue weighted by Crippen LogP contribution is 2.45. The van der Waals surface area contributed by atoms with Gasteiger partial charge in [-0.25, -0.2) is 0 Å². The Kier molecular flexibility index (Phi) is 2.92. The topological polar surface area (TPSA) is 49.7 Å². The molecule has 1 N–H and O–H groups in total. The summed E-state index contributed by atoms with van der Waals surface area (Å²) in [5.41, 5.74) is 4.21. The first-order chi connectivity index (χ1) is 12.2. The second kappa shape index (κ2) is 5.15. The second-order valence-corrected chi connectivity index (χ2v) is 6.62. The van der Waals surface area contributed by atoms with Crippen LogP contribution in [-0.2, 0) is 12.8 Å². The highest BCUT2D eigenvalue weighted by Gasteiger charge is 2.19. The molecule has 0 saturated heterocycles. The van der Waals surface area contributed by atoms with Crippen molar-refractivity contribution in [3.63, 3.8) is 0 Å². The van der Waals surface area contributed by atoms with Crippen LogP contribution in [0.2, 0.25) is 0 Å². The Bertz CT molecular complexity index is 1180. The van der Waals surface area contributed by atoms with Crippen molar-refractivity contribution in [2.45, 2.75) is 12.8 Å². The lowest BCUT2D eigenvalue weighted by atomic mass is 9.88. The number of aromatic hydroxyl groups is 1. The van der Waals surface area contributed by atoms with Crippen LogP contribution in [-0.4, -0.2) is 5.11 Å². The minimum Gasteiger partial charge on any atom is -0.507 e. The van der Waals surface area contributed by atoms with Crippen molar-refractivity contribution in [1.82, 2.24) is 0 Å². The summed E-state index contributed by atoms with van der Waals surface area (Å²) in [7, 11) is 0. The molecular weight excluding hydrogens is 310 g/mol. The van der Waals surface area contributed by atoms with Gasteiger partial charge in [-0.15, -0.1) is 4.91 Å². The van der Waals surface area contributed by atoms with Crippen molar-refractivity contribution in [2.75, 3.05) is 0 Å². The number of fused-ring (bicyclic) bond motifs is 3. The molecule has 5 rings (SSSR count). The van der Waals surface area contributed by atoms with Gasteiger partial charge in [-0.1, -0.05) is 48.5 Å². The lowest BCUT2D eigenvalue weighted by Gasteiger charge is -2.17. The molecule has 0 heterocycles. The molecule has 0 aliphatic heterocycles. The summed E-state index contributed by atoms with van der Waals surface area (Å²) in [5.74, 6) is 0.174. The van der Waals surface area contributed by atoms with Gasteiger partial charge < -0.3 is 5.11 Å². The van der Waals surface area contributed by atoms with Gasteiger partial charge >= 0.3 is 0 Å². The quantitative estimate of drug-likeness (QED) is 0.445. The van der Waals surface area contributed by atoms with E-state index in [1.807, 2.05) is 12.1 Å². The van der Waals surface area contributed by atoms with Gasteiger partial charge in [0.25, 0.3) is 0 Å². The third kappa shape index (κ3) is 2.06. The maximum absolute atomic E-state index is 11.5. The summed E-state index contributed by atoms with van der Waals surface area (Å²) in [6.45, 7) is 0. The largest absolute Gasteiger partial charge is 0.507 e. The number of hydrogen-bond acceptors (Lipinski definition) is 3. The Labute approximate surface area is 144 Å². The number of phenolic OH excluding ortho intramolecular Hbond substituents is 1. The molecule has 0 amide bonds. The Morgan fingerprint density at radius 3 is 1.92 bits per heavy atom. The van der Waals surface area contributed by atoms with Gasteiger partial charge in [0.15, 0.2) is 0 Å². The Morgan fingerprint density at radius 2 is 1.28 bits per heavy atom. The predicted molar refractivity (Wildman–Crippen MR) is 101 cm³/mol. The van der Waals surface area contributed by atoms with Crippen molar-refractivity contribution < 1.29 is 5.11 Å². The van der Waals surface area contributed by atoms with Crippen LogP contribution in [0.1, 0.15) is 11.1 Å². The third-order valence-electron chi connectivity index (χ3n) is 5.18. The molecule has 0 fully saturated rings. The van der Waals surface area contributed by atoms with E-state index in [2.05, 4.69) is 41.6 Å². The third-order valence-corrected chi connectivity index (χ3v) is 5.18. The molecule has 25 heavy (non-hydrogen) atoms. The van der Waals surface area contributed by atoms with Crippen molar-refractivity contribution >= 4 is 27.2 Å². The SMILES string of the molecule is O=Nc1ccc2ccc3cc2c1-c1c(O)ccc2ccc(cc12)CC3. The van der Waals surface area contributed by atoms with E-state index in [0.29, 0.717) is 11.3 Å². The molecule has 3 heteroatoms. The number of nitrogens with zero attached hydrogens (tertiary/aromatic N) is 1. The molecule has 4 bridgehead atoms. The number of aryl methyl sites for hydroxylation is 2. The minimum atomic E-state index is 0.174. The Balaban J connectivity index is 2.07. The lowest BCUT2D eigenvalue weighted by Crippen LogP contribution is -1.96. The van der Waals surface area contributed by atoms with Gasteiger partial charge in [0.1, 0.15) is 11.4 Å². The Morgan fingerprint density at radius 1 is 0.720 bits per heavy atom. The standard InChI is InChI=1S/C22H15NO2/c24-20-10-8-16-6-4-14-2-1-13-3-5-15-7-9-19(23-25)21(17(15)11-13)22(20)18(16)12-14/h3-12,24H,1-2H2. The fourth-order valence-electron chi connectivity index (χ4n) is 3.91. The van der Waals surface area contributed by atoms with Gasteiger partial charge in [0.05, 0.1) is 0 Å². The molecule has 4 aromatic rings. The van der Waals surface area contributed by atoms with Crippen LogP contribution < -0.4 is 0 Å². The summed E-state index contributed by atoms with van der Waals surface area (Å²) in [4.78, 5) is 11.5. The summed E-state index contributed by atoms with van der Waals surface area (Å²) in [6.07, 6.45) is 1.88. The molecule has 0 atom stereocenters. The smallest absolute Gasteiger partial charge is 0.124 e. The number of benzene rings is 4. The van der Waals surface area contributed by atoms with Crippen LogP contribution in [0.5, 0.6) is 5.75 Å². The van der Waals surface area contributed by atoms with Crippen LogP contribution in [0.25, 0.3) is 32.7 Å². The van der Waals surface area contributed by atoms with Gasteiger partial charge in [0.2, 0.25) is 0 Å². The lowest BCUT2D eigenvalue weighted by molar-refractivity contribution is 0.478. The van der Waals surface area contributed by atoms with Gasteiger partial charge in [0, 0.05) is 11.1 Å². The van der Waals surface area contributed by atoms with Crippen LogP contribution >= 0.6 is 0 Å². The zero-order chi connectivity index (χ0) is 17.0.